The number of rotatable bonds is 5. The van der Waals surface area contributed by atoms with Crippen molar-refractivity contribution in [2.75, 3.05) is 32.9 Å². The summed E-state index contributed by atoms with van der Waals surface area (Å²) in [6.07, 6.45) is 9.80. The Morgan fingerprint density at radius 1 is 0.974 bits per heavy atom. The van der Waals surface area contributed by atoms with Crippen LogP contribution < -0.4 is 4.74 Å². The zero-order chi connectivity index (χ0) is 26.7. The monoisotopic (exact) mass is 540 g/mol. The zero-order valence-electron chi connectivity index (χ0n) is 23.6. The van der Waals surface area contributed by atoms with Gasteiger partial charge in [0.25, 0.3) is 0 Å². The molecule has 1 aromatic carbocycles. The maximum atomic E-state index is 13.9. The van der Waals surface area contributed by atoms with Gasteiger partial charge >= 0.3 is 0 Å². The number of aromatic nitrogens is 1. The minimum Gasteiger partial charge on any atom is -0.493 e. The summed E-state index contributed by atoms with van der Waals surface area (Å²) in [6.45, 7) is 12.2. The lowest BCUT2D eigenvalue weighted by Gasteiger charge is -2.33. The van der Waals surface area contributed by atoms with Gasteiger partial charge in [0.1, 0.15) is 10.6 Å². The predicted octanol–water partition coefficient (Wildman–Crippen LogP) is 6.18. The molecular weight excluding hydrogens is 496 g/mol. The second-order valence-corrected chi connectivity index (χ2v) is 15.0. The normalized spacial score (nSPS) is 22.3. The summed E-state index contributed by atoms with van der Waals surface area (Å²) in [6, 6.07) is 6.60. The maximum absolute atomic E-state index is 13.9. The van der Waals surface area contributed by atoms with Crippen molar-refractivity contribution in [3.63, 3.8) is 0 Å². The van der Waals surface area contributed by atoms with Crippen LogP contribution in [0.3, 0.4) is 0 Å². The van der Waals surface area contributed by atoms with Gasteiger partial charge in [-0.25, -0.2) is 8.42 Å². The minimum atomic E-state index is -3.60. The summed E-state index contributed by atoms with van der Waals surface area (Å²) in [5.41, 5.74) is 5.77. The van der Waals surface area contributed by atoms with Gasteiger partial charge in [0, 0.05) is 47.6 Å². The zero-order valence-corrected chi connectivity index (χ0v) is 24.5. The first-order chi connectivity index (χ1) is 18.1. The van der Waals surface area contributed by atoms with E-state index in [1.807, 2.05) is 13.0 Å². The molecule has 2 aromatic rings. The predicted molar refractivity (Wildman–Crippen MR) is 150 cm³/mol. The van der Waals surface area contributed by atoms with Gasteiger partial charge < -0.3 is 14.0 Å². The van der Waals surface area contributed by atoms with Crippen molar-refractivity contribution >= 4 is 10.0 Å². The van der Waals surface area contributed by atoms with Gasteiger partial charge in [0.2, 0.25) is 10.0 Å². The molecule has 0 unspecified atom stereocenters. The van der Waals surface area contributed by atoms with Crippen LogP contribution in [0.25, 0.3) is 11.3 Å². The number of sulfonamides is 1. The highest BCUT2D eigenvalue weighted by molar-refractivity contribution is 7.89. The Balaban J connectivity index is 1.51. The summed E-state index contributed by atoms with van der Waals surface area (Å²) in [5.74, 6) is 1.67. The van der Waals surface area contributed by atoms with Crippen molar-refractivity contribution in [2.24, 2.45) is 5.92 Å². The summed E-state index contributed by atoms with van der Waals surface area (Å²) in [5, 5.41) is 0. The quantitative estimate of drug-likeness (QED) is 0.455. The Labute approximate surface area is 228 Å². The van der Waals surface area contributed by atoms with Crippen molar-refractivity contribution < 1.29 is 17.9 Å². The molecule has 0 N–H and O–H groups in total. The number of benzene rings is 1. The van der Waals surface area contributed by atoms with E-state index < -0.39 is 10.0 Å². The Morgan fingerprint density at radius 2 is 1.68 bits per heavy atom. The number of hydrogen-bond acceptors (Lipinski definition) is 4. The van der Waals surface area contributed by atoms with Crippen molar-refractivity contribution in [1.29, 1.82) is 0 Å². The third-order valence-corrected chi connectivity index (χ3v) is 11.5. The molecular formula is C31H44N2O4S. The highest BCUT2D eigenvalue weighted by atomic mass is 32.2. The standard InChI is InChI=1S/C31H44N2O4S/c1-22-28(38(34,35)32-13-16-36-17-14-32)20-27(33(22)21-23-8-6-5-7-9-23)24-18-25(30(2,3)4)29-26(19-24)31(10-11-31)12-15-37-29/h18-20,23H,5-17,21H2,1-4H3. The topological polar surface area (TPSA) is 60.8 Å². The van der Waals surface area contributed by atoms with Crippen molar-refractivity contribution in [2.45, 2.75) is 101 Å². The van der Waals surface area contributed by atoms with Gasteiger partial charge in [0.15, 0.2) is 0 Å². The average molecular weight is 541 g/mol. The fourth-order valence-electron chi connectivity index (χ4n) is 6.95. The van der Waals surface area contributed by atoms with Crippen LogP contribution >= 0.6 is 0 Å². The molecule has 0 amide bonds. The number of nitrogens with zero attached hydrogens (tertiary/aromatic N) is 2. The van der Waals surface area contributed by atoms with Gasteiger partial charge in [-0.3, -0.25) is 0 Å². The highest BCUT2D eigenvalue weighted by Crippen LogP contribution is 2.58. The molecule has 6 rings (SSSR count). The second-order valence-electron chi connectivity index (χ2n) is 13.1. The molecule has 2 saturated carbocycles. The van der Waals surface area contributed by atoms with Gasteiger partial charge in [-0.1, -0.05) is 40.0 Å². The Hall–Kier alpha value is -1.83. The molecule has 208 valence electrons. The largest absolute Gasteiger partial charge is 0.493 e. The molecule has 4 aliphatic rings. The molecule has 3 heterocycles. The molecule has 0 radical (unpaired) electrons. The van der Waals surface area contributed by atoms with E-state index in [9.17, 15) is 8.42 Å². The van der Waals surface area contributed by atoms with Gasteiger partial charge in [-0.15, -0.1) is 0 Å². The molecule has 2 aliphatic heterocycles. The summed E-state index contributed by atoms with van der Waals surface area (Å²) in [7, 11) is -3.60. The van der Waals surface area contributed by atoms with Crippen LogP contribution in [0, 0.1) is 12.8 Å². The van der Waals surface area contributed by atoms with Crippen LogP contribution in [-0.4, -0.2) is 50.2 Å². The van der Waals surface area contributed by atoms with Crippen LogP contribution in [0.2, 0.25) is 0 Å². The fraction of sp³-hybridized carbons (Fsp3) is 0.677. The van der Waals surface area contributed by atoms with Gasteiger partial charge in [-0.05, 0) is 74.1 Å². The molecule has 7 heteroatoms. The lowest BCUT2D eigenvalue weighted by Crippen LogP contribution is -2.40. The van der Waals surface area contributed by atoms with E-state index in [0.717, 1.165) is 42.3 Å². The van der Waals surface area contributed by atoms with Crippen molar-refractivity contribution in [3.05, 3.63) is 35.0 Å². The van der Waals surface area contributed by atoms with Crippen LogP contribution in [0.4, 0.5) is 0 Å². The lowest BCUT2D eigenvalue weighted by atomic mass is 9.79. The lowest BCUT2D eigenvalue weighted by molar-refractivity contribution is 0.0730. The Kier molecular flexibility index (Phi) is 6.72. The first-order valence-corrected chi connectivity index (χ1v) is 16.1. The maximum Gasteiger partial charge on any atom is 0.245 e. The van der Waals surface area contributed by atoms with Crippen LogP contribution in [0.1, 0.15) is 89.0 Å². The molecule has 1 aromatic heterocycles. The third-order valence-electron chi connectivity index (χ3n) is 9.52. The minimum absolute atomic E-state index is 0.0773. The molecule has 1 saturated heterocycles. The first kappa shape index (κ1) is 26.4. The first-order valence-electron chi connectivity index (χ1n) is 14.7. The van der Waals surface area contributed by atoms with E-state index in [1.165, 1.54) is 56.1 Å². The summed E-state index contributed by atoms with van der Waals surface area (Å²) in [4.78, 5) is 0.456. The van der Waals surface area contributed by atoms with Crippen LogP contribution in [0.15, 0.2) is 23.1 Å². The van der Waals surface area contributed by atoms with E-state index in [1.54, 1.807) is 4.31 Å². The van der Waals surface area contributed by atoms with Gasteiger partial charge in [-0.2, -0.15) is 4.31 Å². The Bertz CT molecular complexity index is 1290. The number of morpholine rings is 1. The van der Waals surface area contributed by atoms with Crippen molar-refractivity contribution in [1.82, 2.24) is 8.87 Å². The second kappa shape index (κ2) is 9.67. The van der Waals surface area contributed by atoms with Crippen molar-refractivity contribution in [3.8, 4) is 17.0 Å². The summed E-state index contributed by atoms with van der Waals surface area (Å²) >= 11 is 0. The SMILES string of the molecule is Cc1c(S(=O)(=O)N2CCOCC2)cc(-c2cc(C(C)(C)C)c3c(c2)C2(CCO3)CC2)n1CC1CCCCC1. The van der Waals surface area contributed by atoms with E-state index >= 15 is 0 Å². The molecule has 38 heavy (non-hydrogen) atoms. The fourth-order valence-corrected chi connectivity index (χ4v) is 8.60. The smallest absolute Gasteiger partial charge is 0.245 e. The third kappa shape index (κ3) is 4.62. The molecule has 3 fully saturated rings. The average Bonchev–Trinajstić information content (AvgIpc) is 3.60. The highest BCUT2D eigenvalue weighted by Gasteiger charge is 2.49. The number of hydrogen-bond donors (Lipinski definition) is 0. The van der Waals surface area contributed by atoms with Crippen LogP contribution in [0.5, 0.6) is 5.75 Å². The molecule has 0 bridgehead atoms. The molecule has 6 nitrogen and oxygen atoms in total. The van der Waals surface area contributed by atoms with Gasteiger partial charge in [0.05, 0.1) is 19.8 Å². The Morgan fingerprint density at radius 3 is 2.34 bits per heavy atom. The molecule has 1 spiro atoms. The van der Waals surface area contributed by atoms with E-state index in [2.05, 4.69) is 37.5 Å². The molecule has 0 atom stereocenters. The van der Waals surface area contributed by atoms with Crippen LogP contribution in [-0.2, 0) is 32.1 Å². The van der Waals surface area contributed by atoms with E-state index in [-0.39, 0.29) is 10.8 Å². The van der Waals surface area contributed by atoms with E-state index in [4.69, 9.17) is 9.47 Å². The molecule has 2 aliphatic carbocycles. The number of fused-ring (bicyclic) bond motifs is 2. The number of ether oxygens (including phenoxy) is 2. The van der Waals surface area contributed by atoms with E-state index in [0.29, 0.717) is 37.1 Å². The summed E-state index contributed by atoms with van der Waals surface area (Å²) < 4.78 is 43.6.